The van der Waals surface area contributed by atoms with Crippen LogP contribution in [-0.2, 0) is 16.0 Å². The van der Waals surface area contributed by atoms with Crippen LogP contribution in [0.25, 0.3) is 0 Å². The molecule has 0 saturated carbocycles. The number of Topliss-reactive ketones (excluding diaryl/α,β-unsaturated/α-hetero) is 1. The Morgan fingerprint density at radius 2 is 1.94 bits per heavy atom. The van der Waals surface area contributed by atoms with E-state index in [9.17, 15) is 9.59 Å². The number of ketones is 1. The van der Waals surface area contributed by atoms with Crippen molar-refractivity contribution < 1.29 is 14.7 Å². The van der Waals surface area contributed by atoms with Gasteiger partial charge in [-0.15, -0.1) is 0 Å². The van der Waals surface area contributed by atoms with E-state index in [1.54, 1.807) is 6.08 Å². The van der Waals surface area contributed by atoms with E-state index in [2.05, 4.69) is 0 Å². The van der Waals surface area contributed by atoms with E-state index in [1.807, 2.05) is 30.3 Å². The van der Waals surface area contributed by atoms with Gasteiger partial charge >= 0.3 is 5.97 Å². The molecule has 1 aromatic rings. The van der Waals surface area contributed by atoms with E-state index in [1.165, 1.54) is 0 Å². The van der Waals surface area contributed by atoms with E-state index in [0.29, 0.717) is 18.4 Å². The number of rotatable bonds is 4. The van der Waals surface area contributed by atoms with Gasteiger partial charge in [-0.25, -0.2) is 0 Å². The highest BCUT2D eigenvalue weighted by molar-refractivity contribution is 6.01. The first-order chi connectivity index (χ1) is 8.18. The van der Waals surface area contributed by atoms with Crippen LogP contribution in [0.2, 0.25) is 0 Å². The van der Waals surface area contributed by atoms with Crippen molar-refractivity contribution in [1.82, 2.24) is 0 Å². The van der Waals surface area contributed by atoms with Crippen LogP contribution in [0.4, 0.5) is 0 Å². The quantitative estimate of drug-likeness (QED) is 0.862. The summed E-state index contributed by atoms with van der Waals surface area (Å²) in [6.07, 6.45) is 3.29. The van der Waals surface area contributed by atoms with Gasteiger partial charge in [0.15, 0.2) is 5.78 Å². The molecule has 1 aliphatic carbocycles. The first kappa shape index (κ1) is 11.6. The Morgan fingerprint density at radius 3 is 2.59 bits per heavy atom. The SMILES string of the molecule is O=C(Cc1ccccc1)C1=CCCC1C(=O)O. The van der Waals surface area contributed by atoms with Gasteiger partial charge in [-0.3, -0.25) is 9.59 Å². The molecule has 3 heteroatoms. The molecule has 3 nitrogen and oxygen atoms in total. The van der Waals surface area contributed by atoms with Gasteiger partial charge in [0.25, 0.3) is 0 Å². The van der Waals surface area contributed by atoms with Crippen molar-refractivity contribution in [2.45, 2.75) is 19.3 Å². The lowest BCUT2D eigenvalue weighted by Crippen LogP contribution is -2.19. The molecular formula is C14H14O3. The summed E-state index contributed by atoms with van der Waals surface area (Å²) in [4.78, 5) is 23.0. The number of carbonyl (C=O) groups is 2. The summed E-state index contributed by atoms with van der Waals surface area (Å²) in [5.41, 5.74) is 1.40. The molecule has 0 radical (unpaired) electrons. The van der Waals surface area contributed by atoms with Crippen molar-refractivity contribution in [2.24, 2.45) is 5.92 Å². The number of benzene rings is 1. The zero-order chi connectivity index (χ0) is 12.3. The van der Waals surface area contributed by atoms with E-state index < -0.39 is 11.9 Å². The fourth-order valence-electron chi connectivity index (χ4n) is 2.15. The average molecular weight is 230 g/mol. The molecule has 1 aromatic carbocycles. The van der Waals surface area contributed by atoms with Gasteiger partial charge in [-0.05, 0) is 18.4 Å². The minimum absolute atomic E-state index is 0.0684. The van der Waals surface area contributed by atoms with Gasteiger partial charge in [-0.1, -0.05) is 36.4 Å². The maximum absolute atomic E-state index is 12.0. The molecule has 2 rings (SSSR count). The van der Waals surface area contributed by atoms with Crippen molar-refractivity contribution >= 4 is 11.8 Å². The maximum Gasteiger partial charge on any atom is 0.311 e. The minimum atomic E-state index is -0.893. The van der Waals surface area contributed by atoms with Crippen LogP contribution in [0.15, 0.2) is 42.0 Å². The molecule has 0 heterocycles. The average Bonchev–Trinajstić information content (AvgIpc) is 2.79. The molecule has 1 unspecified atom stereocenters. The summed E-state index contributed by atoms with van der Waals surface area (Å²) >= 11 is 0. The normalized spacial score (nSPS) is 18.8. The fourth-order valence-corrected chi connectivity index (χ4v) is 2.15. The Labute approximate surface area is 99.8 Å². The maximum atomic E-state index is 12.0. The largest absolute Gasteiger partial charge is 0.481 e. The Hall–Kier alpha value is -1.90. The number of aliphatic carboxylic acids is 1. The summed E-state index contributed by atoms with van der Waals surface area (Å²) in [5.74, 6) is -1.57. The Morgan fingerprint density at radius 1 is 1.24 bits per heavy atom. The van der Waals surface area contributed by atoms with Crippen LogP contribution in [0, 0.1) is 5.92 Å². The molecule has 0 aliphatic heterocycles. The second-order valence-corrected chi connectivity index (χ2v) is 4.21. The van der Waals surface area contributed by atoms with Crippen LogP contribution in [-0.4, -0.2) is 16.9 Å². The second-order valence-electron chi connectivity index (χ2n) is 4.21. The topological polar surface area (TPSA) is 54.4 Å². The van der Waals surface area contributed by atoms with Crippen LogP contribution >= 0.6 is 0 Å². The number of carbonyl (C=O) groups excluding carboxylic acids is 1. The smallest absolute Gasteiger partial charge is 0.311 e. The second kappa shape index (κ2) is 4.95. The summed E-state index contributed by atoms with van der Waals surface area (Å²) in [7, 11) is 0. The molecule has 0 spiro atoms. The highest BCUT2D eigenvalue weighted by Gasteiger charge is 2.30. The zero-order valence-electron chi connectivity index (χ0n) is 9.43. The van der Waals surface area contributed by atoms with Crippen molar-refractivity contribution in [3.8, 4) is 0 Å². The number of hydrogen-bond acceptors (Lipinski definition) is 2. The minimum Gasteiger partial charge on any atom is -0.481 e. The van der Waals surface area contributed by atoms with Gasteiger partial charge in [0.1, 0.15) is 0 Å². The van der Waals surface area contributed by atoms with Gasteiger partial charge in [0.05, 0.1) is 5.92 Å². The van der Waals surface area contributed by atoms with Crippen molar-refractivity contribution in [2.75, 3.05) is 0 Å². The summed E-state index contributed by atoms with van der Waals surface area (Å²) in [6.45, 7) is 0. The van der Waals surface area contributed by atoms with E-state index in [4.69, 9.17) is 5.11 Å². The molecule has 1 N–H and O–H groups in total. The third kappa shape index (κ3) is 2.61. The van der Waals surface area contributed by atoms with Crippen LogP contribution in [0.5, 0.6) is 0 Å². The van der Waals surface area contributed by atoms with E-state index in [0.717, 1.165) is 5.56 Å². The number of carboxylic acids is 1. The molecule has 17 heavy (non-hydrogen) atoms. The zero-order valence-corrected chi connectivity index (χ0v) is 9.43. The third-order valence-electron chi connectivity index (χ3n) is 3.02. The van der Waals surface area contributed by atoms with Crippen LogP contribution in [0.1, 0.15) is 18.4 Å². The van der Waals surface area contributed by atoms with Crippen molar-refractivity contribution in [3.05, 3.63) is 47.5 Å². The highest BCUT2D eigenvalue weighted by atomic mass is 16.4. The third-order valence-corrected chi connectivity index (χ3v) is 3.02. The van der Waals surface area contributed by atoms with Gasteiger partial charge in [-0.2, -0.15) is 0 Å². The van der Waals surface area contributed by atoms with Gasteiger partial charge < -0.3 is 5.11 Å². The Kier molecular flexibility index (Phi) is 3.38. The first-order valence-electron chi connectivity index (χ1n) is 5.68. The first-order valence-corrected chi connectivity index (χ1v) is 5.68. The molecule has 0 fully saturated rings. The lowest BCUT2D eigenvalue weighted by Gasteiger charge is -2.09. The van der Waals surface area contributed by atoms with Crippen LogP contribution < -0.4 is 0 Å². The van der Waals surface area contributed by atoms with Crippen molar-refractivity contribution in [3.63, 3.8) is 0 Å². The molecule has 0 bridgehead atoms. The molecule has 1 aliphatic rings. The fraction of sp³-hybridized carbons (Fsp3) is 0.286. The van der Waals surface area contributed by atoms with E-state index >= 15 is 0 Å². The Bertz CT molecular complexity index is 460. The molecule has 1 atom stereocenters. The molecular weight excluding hydrogens is 216 g/mol. The van der Waals surface area contributed by atoms with Crippen molar-refractivity contribution in [1.29, 1.82) is 0 Å². The molecule has 0 aromatic heterocycles. The van der Waals surface area contributed by atoms with E-state index in [-0.39, 0.29) is 12.2 Å². The predicted octanol–water partition coefficient (Wildman–Crippen LogP) is 2.22. The summed E-state index contributed by atoms with van der Waals surface area (Å²) in [5, 5.41) is 9.01. The number of carboxylic acid groups (broad SMARTS) is 1. The monoisotopic (exact) mass is 230 g/mol. The lowest BCUT2D eigenvalue weighted by molar-refractivity contribution is -0.141. The predicted molar refractivity (Wildman–Crippen MR) is 63.6 cm³/mol. The lowest BCUT2D eigenvalue weighted by atomic mass is 9.94. The molecule has 0 amide bonds. The number of hydrogen-bond donors (Lipinski definition) is 1. The Balaban J connectivity index is 2.08. The summed E-state index contributed by atoms with van der Waals surface area (Å²) in [6, 6.07) is 9.40. The standard InChI is InChI=1S/C14H14O3/c15-13(9-10-5-2-1-3-6-10)11-7-4-8-12(11)14(16)17/h1-3,5-7,12H,4,8-9H2,(H,16,17). The molecule has 88 valence electrons. The number of allylic oxidation sites excluding steroid dienone is 1. The van der Waals surface area contributed by atoms with Crippen LogP contribution in [0.3, 0.4) is 0 Å². The van der Waals surface area contributed by atoms with Gasteiger partial charge in [0.2, 0.25) is 0 Å². The molecule has 0 saturated heterocycles. The summed E-state index contributed by atoms with van der Waals surface area (Å²) < 4.78 is 0. The highest BCUT2D eigenvalue weighted by Crippen LogP contribution is 2.27. The van der Waals surface area contributed by atoms with Gasteiger partial charge in [0, 0.05) is 12.0 Å².